The number of nitrogen functional groups attached to an aromatic ring is 1. The first-order chi connectivity index (χ1) is 8.63. The van der Waals surface area contributed by atoms with Gasteiger partial charge in [-0.15, -0.1) is 0 Å². The zero-order valence-corrected chi connectivity index (χ0v) is 10.9. The molecular formula is C14H21N3O. The van der Waals surface area contributed by atoms with E-state index in [2.05, 4.69) is 17.3 Å². The molecule has 1 fully saturated rings. The minimum absolute atomic E-state index is 0.0447. The zero-order chi connectivity index (χ0) is 13.0. The smallest absolute Gasteiger partial charge is 0.225 e. The Hall–Kier alpha value is -1.55. The fourth-order valence-corrected chi connectivity index (χ4v) is 1.96. The fourth-order valence-electron chi connectivity index (χ4n) is 1.96. The van der Waals surface area contributed by atoms with Gasteiger partial charge in [0.2, 0.25) is 5.91 Å². The van der Waals surface area contributed by atoms with Gasteiger partial charge in [-0.05, 0) is 44.0 Å². The van der Waals surface area contributed by atoms with E-state index >= 15 is 0 Å². The van der Waals surface area contributed by atoms with Crippen molar-refractivity contribution in [2.75, 3.05) is 31.2 Å². The second-order valence-corrected chi connectivity index (χ2v) is 5.13. The topological polar surface area (TPSA) is 58.4 Å². The van der Waals surface area contributed by atoms with Gasteiger partial charge in [0.15, 0.2) is 0 Å². The van der Waals surface area contributed by atoms with E-state index < -0.39 is 0 Å². The van der Waals surface area contributed by atoms with Gasteiger partial charge in [-0.25, -0.2) is 0 Å². The minimum Gasteiger partial charge on any atom is -0.399 e. The predicted molar refractivity (Wildman–Crippen MR) is 74.3 cm³/mol. The van der Waals surface area contributed by atoms with Gasteiger partial charge in [0.05, 0.1) is 0 Å². The van der Waals surface area contributed by atoms with Crippen molar-refractivity contribution in [3.8, 4) is 0 Å². The SMILES string of the molecule is CN(CCC(=O)Nc1cccc(N)c1)CC1CC1. The monoisotopic (exact) mass is 247 g/mol. The molecule has 0 unspecified atom stereocenters. The van der Waals surface area contributed by atoms with Crippen LogP contribution in [-0.4, -0.2) is 30.9 Å². The van der Waals surface area contributed by atoms with Crippen LogP contribution in [0.2, 0.25) is 0 Å². The van der Waals surface area contributed by atoms with Crippen molar-refractivity contribution < 1.29 is 4.79 Å². The third-order valence-corrected chi connectivity index (χ3v) is 3.16. The lowest BCUT2D eigenvalue weighted by Gasteiger charge is -2.15. The number of benzene rings is 1. The number of carbonyl (C=O) groups is 1. The van der Waals surface area contributed by atoms with Crippen molar-refractivity contribution in [1.29, 1.82) is 0 Å². The first kappa shape index (κ1) is 12.9. The summed E-state index contributed by atoms with van der Waals surface area (Å²) in [5, 5.41) is 2.86. The molecule has 0 aliphatic heterocycles. The van der Waals surface area contributed by atoms with E-state index in [9.17, 15) is 4.79 Å². The van der Waals surface area contributed by atoms with Gasteiger partial charge in [0.25, 0.3) is 0 Å². The molecule has 4 heteroatoms. The summed E-state index contributed by atoms with van der Waals surface area (Å²) in [4.78, 5) is 14.0. The Bertz CT molecular complexity index is 415. The van der Waals surface area contributed by atoms with Gasteiger partial charge >= 0.3 is 0 Å². The van der Waals surface area contributed by atoms with Crippen LogP contribution in [0.4, 0.5) is 11.4 Å². The summed E-state index contributed by atoms with van der Waals surface area (Å²) in [6.07, 6.45) is 3.22. The van der Waals surface area contributed by atoms with Gasteiger partial charge in [0, 0.05) is 30.9 Å². The Kier molecular flexibility index (Phi) is 4.20. The number of nitrogens with zero attached hydrogens (tertiary/aromatic N) is 1. The molecule has 1 aliphatic rings. The van der Waals surface area contributed by atoms with E-state index in [-0.39, 0.29) is 5.91 Å². The molecule has 0 radical (unpaired) electrons. The average Bonchev–Trinajstić information content (AvgIpc) is 3.10. The average molecular weight is 247 g/mol. The lowest BCUT2D eigenvalue weighted by molar-refractivity contribution is -0.116. The summed E-state index contributed by atoms with van der Waals surface area (Å²) in [6, 6.07) is 7.26. The van der Waals surface area contributed by atoms with E-state index in [1.165, 1.54) is 12.8 Å². The van der Waals surface area contributed by atoms with Crippen LogP contribution in [0.5, 0.6) is 0 Å². The van der Waals surface area contributed by atoms with Crippen molar-refractivity contribution in [2.24, 2.45) is 5.92 Å². The van der Waals surface area contributed by atoms with Gasteiger partial charge in [-0.3, -0.25) is 4.79 Å². The number of carbonyl (C=O) groups excluding carboxylic acids is 1. The summed E-state index contributed by atoms with van der Waals surface area (Å²) >= 11 is 0. The summed E-state index contributed by atoms with van der Waals surface area (Å²) in [5.41, 5.74) is 7.09. The van der Waals surface area contributed by atoms with Crippen molar-refractivity contribution in [3.63, 3.8) is 0 Å². The summed E-state index contributed by atoms with van der Waals surface area (Å²) in [5.74, 6) is 0.912. The van der Waals surface area contributed by atoms with Crippen LogP contribution in [-0.2, 0) is 4.79 Å². The maximum absolute atomic E-state index is 11.8. The summed E-state index contributed by atoms with van der Waals surface area (Å²) < 4.78 is 0. The van der Waals surface area contributed by atoms with Crippen LogP contribution < -0.4 is 11.1 Å². The third kappa shape index (κ3) is 4.37. The number of hydrogen-bond donors (Lipinski definition) is 2. The third-order valence-electron chi connectivity index (χ3n) is 3.16. The lowest BCUT2D eigenvalue weighted by Crippen LogP contribution is -2.26. The number of amides is 1. The maximum atomic E-state index is 11.8. The van der Waals surface area contributed by atoms with Crippen LogP contribution in [0, 0.1) is 5.92 Å². The molecule has 18 heavy (non-hydrogen) atoms. The van der Waals surface area contributed by atoms with Crippen molar-refractivity contribution in [2.45, 2.75) is 19.3 Å². The molecule has 1 aliphatic carbocycles. The van der Waals surface area contributed by atoms with E-state index in [0.29, 0.717) is 12.1 Å². The number of hydrogen-bond acceptors (Lipinski definition) is 3. The molecule has 0 aromatic heterocycles. The lowest BCUT2D eigenvalue weighted by atomic mass is 10.2. The van der Waals surface area contributed by atoms with Crippen molar-refractivity contribution in [3.05, 3.63) is 24.3 Å². The first-order valence-electron chi connectivity index (χ1n) is 6.47. The van der Waals surface area contributed by atoms with E-state index in [1.54, 1.807) is 12.1 Å². The molecule has 1 aromatic carbocycles. The molecular weight excluding hydrogens is 226 g/mol. The second kappa shape index (κ2) is 5.87. The van der Waals surface area contributed by atoms with Gasteiger partial charge < -0.3 is 16.0 Å². The zero-order valence-electron chi connectivity index (χ0n) is 10.9. The fraction of sp³-hybridized carbons (Fsp3) is 0.500. The molecule has 0 spiro atoms. The number of rotatable bonds is 6. The molecule has 98 valence electrons. The van der Waals surface area contributed by atoms with Crippen LogP contribution in [0.25, 0.3) is 0 Å². The molecule has 0 atom stereocenters. The molecule has 0 heterocycles. The highest BCUT2D eigenvalue weighted by Gasteiger charge is 2.22. The normalized spacial score (nSPS) is 14.8. The number of anilines is 2. The Morgan fingerprint density at radius 3 is 2.94 bits per heavy atom. The molecule has 1 aromatic rings. The standard InChI is InChI=1S/C14H21N3O/c1-17(10-11-5-6-11)8-7-14(18)16-13-4-2-3-12(15)9-13/h2-4,9,11H,5-8,10,15H2,1H3,(H,16,18). The molecule has 1 saturated carbocycles. The molecule has 3 N–H and O–H groups in total. The molecule has 2 rings (SSSR count). The first-order valence-corrected chi connectivity index (χ1v) is 6.47. The largest absolute Gasteiger partial charge is 0.399 e. The summed E-state index contributed by atoms with van der Waals surface area (Å²) in [6.45, 7) is 1.93. The van der Waals surface area contributed by atoms with E-state index in [4.69, 9.17) is 5.73 Å². The number of nitrogens with one attached hydrogen (secondary N) is 1. The summed E-state index contributed by atoms with van der Waals surface area (Å²) in [7, 11) is 2.08. The van der Waals surface area contributed by atoms with Gasteiger partial charge in [-0.2, -0.15) is 0 Å². The number of nitrogens with two attached hydrogens (primary N) is 1. The molecule has 0 bridgehead atoms. The highest BCUT2D eigenvalue weighted by molar-refractivity contribution is 5.91. The van der Waals surface area contributed by atoms with Crippen LogP contribution in [0.3, 0.4) is 0 Å². The maximum Gasteiger partial charge on any atom is 0.225 e. The Labute approximate surface area is 108 Å². The Balaban J connectivity index is 1.71. The molecule has 0 saturated heterocycles. The van der Waals surface area contributed by atoms with Crippen LogP contribution in [0.1, 0.15) is 19.3 Å². The van der Waals surface area contributed by atoms with Gasteiger partial charge in [0.1, 0.15) is 0 Å². The highest BCUT2D eigenvalue weighted by Crippen LogP contribution is 2.29. The highest BCUT2D eigenvalue weighted by atomic mass is 16.1. The van der Waals surface area contributed by atoms with E-state index in [0.717, 1.165) is 24.7 Å². The van der Waals surface area contributed by atoms with Gasteiger partial charge in [-0.1, -0.05) is 6.07 Å². The van der Waals surface area contributed by atoms with Crippen molar-refractivity contribution >= 4 is 17.3 Å². The Morgan fingerprint density at radius 2 is 2.28 bits per heavy atom. The second-order valence-electron chi connectivity index (χ2n) is 5.13. The quantitative estimate of drug-likeness (QED) is 0.755. The van der Waals surface area contributed by atoms with Crippen LogP contribution in [0.15, 0.2) is 24.3 Å². The van der Waals surface area contributed by atoms with Crippen molar-refractivity contribution in [1.82, 2.24) is 4.90 Å². The Morgan fingerprint density at radius 1 is 1.50 bits per heavy atom. The van der Waals surface area contributed by atoms with E-state index in [1.807, 2.05) is 12.1 Å². The minimum atomic E-state index is 0.0447. The van der Waals surface area contributed by atoms with Crippen LogP contribution >= 0.6 is 0 Å². The molecule has 1 amide bonds. The molecule has 4 nitrogen and oxygen atoms in total. The predicted octanol–water partition coefficient (Wildman–Crippen LogP) is 1.94.